The fourth-order valence-corrected chi connectivity index (χ4v) is 8.91. The van der Waals surface area contributed by atoms with Gasteiger partial charge in [-0.2, -0.15) is 5.26 Å². The maximum atomic E-state index is 9.27. The van der Waals surface area contributed by atoms with Gasteiger partial charge in [0, 0.05) is 44.6 Å². The number of aromatic nitrogens is 4. The third-order valence-corrected chi connectivity index (χ3v) is 12.0. The largest absolute Gasteiger partial charge is 0.456 e. The normalized spacial score (nSPS) is 11.5. The van der Waals surface area contributed by atoms with Crippen molar-refractivity contribution in [3.05, 3.63) is 206 Å². The molecule has 0 unspecified atom stereocenters. The van der Waals surface area contributed by atoms with E-state index in [0.717, 1.165) is 104 Å². The minimum absolute atomic E-state index is 0.571. The van der Waals surface area contributed by atoms with E-state index in [1.54, 1.807) is 0 Å². The second-order valence-electron chi connectivity index (χ2n) is 15.7. The smallest absolute Gasteiger partial charge is 0.164 e. The van der Waals surface area contributed by atoms with Gasteiger partial charge in [-0.25, -0.2) is 15.0 Å². The molecule has 3 heterocycles. The lowest BCUT2D eigenvalue weighted by molar-refractivity contribution is 0.669. The molecule has 12 aromatic rings. The number of pyridine rings is 1. The van der Waals surface area contributed by atoms with Crippen molar-refractivity contribution in [3.63, 3.8) is 0 Å². The number of fused-ring (bicyclic) bond motifs is 8. The van der Waals surface area contributed by atoms with Crippen molar-refractivity contribution in [1.82, 2.24) is 19.9 Å². The van der Waals surface area contributed by atoms with Crippen molar-refractivity contribution >= 4 is 54.4 Å². The zero-order valence-electron chi connectivity index (χ0n) is 33.7. The molecule has 6 heteroatoms. The van der Waals surface area contributed by atoms with Crippen molar-refractivity contribution < 1.29 is 4.42 Å². The molecule has 0 spiro atoms. The molecule has 0 saturated heterocycles. The number of hydrogen-bond donors (Lipinski definition) is 0. The number of furan rings is 1. The summed E-state index contributed by atoms with van der Waals surface area (Å²) >= 11 is 0. The van der Waals surface area contributed by atoms with E-state index < -0.39 is 0 Å². The number of hydrogen-bond acceptors (Lipinski definition) is 6. The molecule has 12 rings (SSSR count). The Bertz CT molecular complexity index is 3790. The molecule has 0 radical (unpaired) electrons. The van der Waals surface area contributed by atoms with Gasteiger partial charge in [-0.3, -0.25) is 4.98 Å². The van der Waals surface area contributed by atoms with Gasteiger partial charge >= 0.3 is 0 Å². The third-order valence-electron chi connectivity index (χ3n) is 12.0. The second kappa shape index (κ2) is 14.7. The molecule has 0 saturated carbocycles. The maximum absolute atomic E-state index is 9.27. The molecule has 0 aliphatic heterocycles. The highest BCUT2D eigenvalue weighted by Gasteiger charge is 2.18. The van der Waals surface area contributed by atoms with Crippen LogP contribution in [-0.4, -0.2) is 19.9 Å². The van der Waals surface area contributed by atoms with Gasteiger partial charge in [0.2, 0.25) is 0 Å². The molecule has 292 valence electrons. The van der Waals surface area contributed by atoms with Gasteiger partial charge in [0.1, 0.15) is 11.2 Å². The van der Waals surface area contributed by atoms with Crippen LogP contribution in [0.5, 0.6) is 0 Å². The maximum Gasteiger partial charge on any atom is 0.164 e. The summed E-state index contributed by atoms with van der Waals surface area (Å²) in [6.45, 7) is 0. The Morgan fingerprint density at radius 2 is 0.905 bits per heavy atom. The molecule has 3 aromatic heterocycles. The summed E-state index contributed by atoms with van der Waals surface area (Å²) in [7, 11) is 0. The van der Waals surface area contributed by atoms with Crippen molar-refractivity contribution in [3.8, 4) is 73.6 Å². The van der Waals surface area contributed by atoms with Crippen LogP contribution in [0.2, 0.25) is 0 Å². The van der Waals surface area contributed by atoms with Crippen LogP contribution in [0.15, 0.2) is 205 Å². The summed E-state index contributed by atoms with van der Waals surface area (Å²) in [6.07, 6.45) is 1.87. The fraction of sp³-hybridized carbons (Fsp3) is 0. The first-order chi connectivity index (χ1) is 31.1. The number of rotatable bonds is 6. The summed E-state index contributed by atoms with van der Waals surface area (Å²) in [5.41, 5.74) is 12.3. The third kappa shape index (κ3) is 6.27. The summed E-state index contributed by atoms with van der Waals surface area (Å²) < 4.78 is 6.27. The zero-order valence-corrected chi connectivity index (χ0v) is 33.7. The summed E-state index contributed by atoms with van der Waals surface area (Å²) in [5.74, 6) is 1.75. The van der Waals surface area contributed by atoms with Crippen LogP contribution in [0.3, 0.4) is 0 Å². The Kier molecular flexibility index (Phi) is 8.44. The summed E-state index contributed by atoms with van der Waals surface area (Å²) in [6, 6.07) is 68.8. The average Bonchev–Trinajstić information content (AvgIpc) is 3.74. The molecule has 0 amide bonds. The Labute approximate surface area is 362 Å². The monoisotopic (exact) mass is 803 g/mol. The van der Waals surface area contributed by atoms with Gasteiger partial charge in [-0.05, 0) is 104 Å². The van der Waals surface area contributed by atoms with E-state index in [9.17, 15) is 5.26 Å². The molecule has 0 N–H and O–H groups in total. The average molecular weight is 804 g/mol. The van der Waals surface area contributed by atoms with E-state index in [2.05, 4.69) is 115 Å². The SMILES string of the molecule is N#Cc1ccc(-c2ccc(-c3cc4c5ccccc5c(-c5cccc(-c6nc(-c7ccccc7)nc(-c7ccc8c(c7)oc7ccccc78)n6)c5)cc4c4cccnc34)cc2)cc1. The molecule has 0 fully saturated rings. The van der Waals surface area contributed by atoms with E-state index >= 15 is 0 Å². The molecule has 63 heavy (non-hydrogen) atoms. The topological polar surface area (TPSA) is 88.5 Å². The van der Waals surface area contributed by atoms with Gasteiger partial charge in [-0.1, -0.05) is 140 Å². The first kappa shape index (κ1) is 36.1. The van der Waals surface area contributed by atoms with Crippen LogP contribution in [0.25, 0.3) is 122 Å². The highest BCUT2D eigenvalue weighted by atomic mass is 16.3. The number of nitriles is 1. The Hall–Kier alpha value is -8.79. The lowest BCUT2D eigenvalue weighted by Gasteiger charge is -2.16. The van der Waals surface area contributed by atoms with Crippen molar-refractivity contribution in [1.29, 1.82) is 5.26 Å². The Morgan fingerprint density at radius 1 is 0.349 bits per heavy atom. The molecule has 0 atom stereocenters. The van der Waals surface area contributed by atoms with E-state index in [-0.39, 0.29) is 0 Å². The molecule has 9 aromatic carbocycles. The molecule has 0 aliphatic rings. The summed E-state index contributed by atoms with van der Waals surface area (Å²) in [4.78, 5) is 20.2. The van der Waals surface area contributed by atoms with Gasteiger partial charge in [0.25, 0.3) is 0 Å². The van der Waals surface area contributed by atoms with E-state index in [1.807, 2.05) is 91.1 Å². The second-order valence-corrected chi connectivity index (χ2v) is 15.7. The highest BCUT2D eigenvalue weighted by molar-refractivity contribution is 6.23. The van der Waals surface area contributed by atoms with Gasteiger partial charge in [0.15, 0.2) is 17.5 Å². The quantitative estimate of drug-likeness (QED) is 0.156. The lowest BCUT2D eigenvalue weighted by atomic mass is 9.88. The van der Waals surface area contributed by atoms with Crippen LogP contribution in [0, 0.1) is 11.3 Å². The zero-order chi connectivity index (χ0) is 41.9. The van der Waals surface area contributed by atoms with Crippen LogP contribution in [0.1, 0.15) is 5.56 Å². The van der Waals surface area contributed by atoms with E-state index in [4.69, 9.17) is 24.4 Å². The molecule has 0 bridgehead atoms. The van der Waals surface area contributed by atoms with Crippen LogP contribution in [0.4, 0.5) is 0 Å². The summed E-state index contributed by atoms with van der Waals surface area (Å²) in [5, 5.41) is 17.1. The number of nitrogens with zero attached hydrogens (tertiary/aromatic N) is 5. The standard InChI is InChI=1S/C57H33N5O/c58-34-35-19-21-36(22-20-35)37-23-25-38(26-24-37)49-33-50-44-15-5-4-14-43(44)48(32-51(50)47-17-9-29-59-54(47)49)40-12-8-13-41(30-40)56-60-55(39-10-2-1-3-11-39)61-57(62-56)42-27-28-46-45-16-6-7-18-52(45)63-53(46)31-42/h1-33H. The molecular formula is C57H33N5O. The van der Waals surface area contributed by atoms with E-state index in [1.165, 1.54) is 0 Å². The van der Waals surface area contributed by atoms with Crippen LogP contribution in [-0.2, 0) is 0 Å². The predicted molar refractivity (Wildman–Crippen MR) is 255 cm³/mol. The molecular weight excluding hydrogens is 771 g/mol. The molecule has 0 aliphatic carbocycles. The van der Waals surface area contributed by atoms with Gasteiger partial charge < -0.3 is 4.42 Å². The highest BCUT2D eigenvalue weighted by Crippen LogP contribution is 2.42. The minimum Gasteiger partial charge on any atom is -0.456 e. The number of para-hydroxylation sites is 1. The van der Waals surface area contributed by atoms with Gasteiger partial charge in [-0.15, -0.1) is 0 Å². The Morgan fingerprint density at radius 3 is 1.68 bits per heavy atom. The first-order valence-corrected chi connectivity index (χ1v) is 20.8. The van der Waals surface area contributed by atoms with Crippen LogP contribution >= 0.6 is 0 Å². The van der Waals surface area contributed by atoms with Crippen molar-refractivity contribution in [2.24, 2.45) is 0 Å². The van der Waals surface area contributed by atoms with Gasteiger partial charge in [0.05, 0.1) is 17.1 Å². The molecule has 6 nitrogen and oxygen atoms in total. The number of benzene rings is 9. The van der Waals surface area contributed by atoms with E-state index in [0.29, 0.717) is 23.0 Å². The Balaban J connectivity index is 0.993. The van der Waals surface area contributed by atoms with Crippen molar-refractivity contribution in [2.75, 3.05) is 0 Å². The van der Waals surface area contributed by atoms with Crippen LogP contribution < -0.4 is 0 Å². The predicted octanol–water partition coefficient (Wildman–Crippen LogP) is 14.5. The minimum atomic E-state index is 0.571. The first-order valence-electron chi connectivity index (χ1n) is 20.8. The fourth-order valence-electron chi connectivity index (χ4n) is 8.91. The lowest BCUT2D eigenvalue weighted by Crippen LogP contribution is -2.00. The van der Waals surface area contributed by atoms with Crippen molar-refractivity contribution in [2.45, 2.75) is 0 Å².